The van der Waals surface area contributed by atoms with Gasteiger partial charge in [0.2, 0.25) is 15.9 Å². The Kier molecular flexibility index (Phi) is 6.03. The van der Waals surface area contributed by atoms with Crippen molar-refractivity contribution in [3.8, 4) is 6.07 Å². The highest BCUT2D eigenvalue weighted by molar-refractivity contribution is 7.89. The smallest absolute Gasteiger partial charge is 0.252 e. The molecule has 1 heterocycles. The summed E-state index contributed by atoms with van der Waals surface area (Å²) in [5.41, 5.74) is 0.735. The van der Waals surface area contributed by atoms with Crippen LogP contribution in [0.4, 0.5) is 5.69 Å². The van der Waals surface area contributed by atoms with Crippen LogP contribution in [-0.2, 0) is 19.6 Å². The Bertz CT molecular complexity index is 1150. The van der Waals surface area contributed by atoms with E-state index in [2.05, 4.69) is 0 Å². The first-order chi connectivity index (χ1) is 14.5. The minimum absolute atomic E-state index is 0.0803. The van der Waals surface area contributed by atoms with Crippen LogP contribution in [0.5, 0.6) is 0 Å². The third kappa shape index (κ3) is 4.11. The molecule has 2 aromatic rings. The molecule has 1 fully saturated rings. The Hall–Kier alpha value is -3.02. The van der Waals surface area contributed by atoms with Crippen molar-refractivity contribution < 1.29 is 18.0 Å². The van der Waals surface area contributed by atoms with Crippen LogP contribution < -0.4 is 4.90 Å². The summed E-state index contributed by atoms with van der Waals surface area (Å²) >= 11 is 0. The van der Waals surface area contributed by atoms with E-state index in [1.165, 1.54) is 40.7 Å². The highest BCUT2D eigenvalue weighted by Crippen LogP contribution is 2.35. The number of hydrogen-bond acceptors (Lipinski definition) is 5. The Labute approximate surface area is 182 Å². The minimum atomic E-state index is -4.05. The third-order valence-corrected chi connectivity index (χ3v) is 7.83. The van der Waals surface area contributed by atoms with Gasteiger partial charge in [0.05, 0.1) is 28.6 Å². The predicted molar refractivity (Wildman–Crippen MR) is 117 cm³/mol. The molecule has 1 aliphatic rings. The zero-order valence-electron chi connectivity index (χ0n) is 18.0. The van der Waals surface area contributed by atoms with E-state index in [1.807, 2.05) is 19.9 Å². The number of anilines is 1. The van der Waals surface area contributed by atoms with Gasteiger partial charge in [-0.3, -0.25) is 9.59 Å². The zero-order chi connectivity index (χ0) is 23.0. The maximum absolute atomic E-state index is 13.6. The second-order valence-electron chi connectivity index (χ2n) is 8.23. The summed E-state index contributed by atoms with van der Waals surface area (Å²) in [5.74, 6) is -1.07. The van der Waals surface area contributed by atoms with Crippen molar-refractivity contribution in [2.75, 3.05) is 4.90 Å². The second-order valence-corrected chi connectivity index (χ2v) is 10.0. The van der Waals surface area contributed by atoms with E-state index in [1.54, 1.807) is 26.0 Å². The zero-order valence-corrected chi connectivity index (χ0v) is 18.8. The van der Waals surface area contributed by atoms with Gasteiger partial charge in [0.25, 0.3) is 5.91 Å². The Morgan fingerprint density at radius 2 is 1.68 bits per heavy atom. The van der Waals surface area contributed by atoms with Crippen molar-refractivity contribution in [1.82, 2.24) is 4.31 Å². The second kappa shape index (κ2) is 8.25. The molecule has 0 bridgehead atoms. The number of nitriles is 1. The van der Waals surface area contributed by atoms with E-state index >= 15 is 0 Å². The molecule has 2 aromatic carbocycles. The molecular weight excluding hydrogens is 414 g/mol. The predicted octanol–water partition coefficient (Wildman–Crippen LogP) is 3.38. The van der Waals surface area contributed by atoms with Gasteiger partial charge in [-0.2, -0.15) is 9.57 Å². The van der Waals surface area contributed by atoms with Crippen LogP contribution in [0.2, 0.25) is 0 Å². The summed E-state index contributed by atoms with van der Waals surface area (Å²) in [6.45, 7) is 7.21. The molecule has 0 aliphatic carbocycles. The van der Waals surface area contributed by atoms with Crippen molar-refractivity contribution in [1.29, 1.82) is 5.26 Å². The van der Waals surface area contributed by atoms with Crippen LogP contribution >= 0.6 is 0 Å². The molecule has 0 radical (unpaired) electrons. The van der Waals surface area contributed by atoms with Gasteiger partial charge in [0.1, 0.15) is 6.04 Å². The van der Waals surface area contributed by atoms with Crippen molar-refractivity contribution in [2.45, 2.75) is 57.0 Å². The molecule has 1 unspecified atom stereocenters. The SMILES string of the molecule is CCC(C)(C)N(C1CC(=O)N(c2ccc(C#N)cc2)C1=O)S(=O)(=O)c1ccc(C)cc1. The van der Waals surface area contributed by atoms with E-state index in [0.717, 1.165) is 10.5 Å². The quantitative estimate of drug-likeness (QED) is 0.643. The molecule has 0 spiro atoms. The number of amides is 2. The average molecular weight is 440 g/mol. The minimum Gasteiger partial charge on any atom is -0.274 e. The summed E-state index contributed by atoms with van der Waals surface area (Å²) in [4.78, 5) is 27.2. The fourth-order valence-corrected chi connectivity index (χ4v) is 5.64. The lowest BCUT2D eigenvalue weighted by molar-refractivity contribution is -0.122. The maximum atomic E-state index is 13.6. The molecule has 0 saturated carbocycles. The van der Waals surface area contributed by atoms with Crippen molar-refractivity contribution >= 4 is 27.5 Å². The summed E-state index contributed by atoms with van der Waals surface area (Å²) in [6.07, 6.45) is 0.209. The van der Waals surface area contributed by atoms with E-state index in [9.17, 15) is 18.0 Å². The summed E-state index contributed by atoms with van der Waals surface area (Å²) in [7, 11) is -4.05. The number of carbonyl (C=O) groups is 2. The molecule has 8 heteroatoms. The van der Waals surface area contributed by atoms with Gasteiger partial charge >= 0.3 is 0 Å². The lowest BCUT2D eigenvalue weighted by Crippen LogP contribution is -2.55. The van der Waals surface area contributed by atoms with Crippen LogP contribution in [0.1, 0.15) is 44.7 Å². The number of rotatable bonds is 6. The molecular formula is C23H25N3O4S. The van der Waals surface area contributed by atoms with Gasteiger partial charge in [-0.1, -0.05) is 24.6 Å². The van der Waals surface area contributed by atoms with Crippen molar-refractivity contribution in [3.05, 3.63) is 59.7 Å². The standard InChI is InChI=1S/C23H25N3O4S/c1-5-23(3,4)26(31(29,30)19-12-6-16(2)7-13-19)20-14-21(27)25(22(20)28)18-10-8-17(15-24)9-11-18/h6-13,20H,5,14H2,1-4H3. The first-order valence-corrected chi connectivity index (χ1v) is 11.4. The summed E-state index contributed by atoms with van der Waals surface area (Å²) in [6, 6.07) is 13.3. The molecule has 0 aromatic heterocycles. The molecule has 2 amide bonds. The molecule has 7 nitrogen and oxygen atoms in total. The number of hydrogen-bond donors (Lipinski definition) is 0. The van der Waals surface area contributed by atoms with E-state index in [-0.39, 0.29) is 11.3 Å². The first kappa shape index (κ1) is 22.7. The fraction of sp³-hybridized carbons (Fsp3) is 0.348. The Morgan fingerprint density at radius 3 is 2.19 bits per heavy atom. The van der Waals surface area contributed by atoms with E-state index in [0.29, 0.717) is 17.7 Å². The number of nitrogens with zero attached hydrogens (tertiary/aromatic N) is 3. The number of benzene rings is 2. The van der Waals surface area contributed by atoms with Crippen LogP contribution in [-0.4, -0.2) is 36.1 Å². The molecule has 1 atom stereocenters. The molecule has 3 rings (SSSR count). The summed E-state index contributed by atoms with van der Waals surface area (Å²) in [5, 5.41) is 8.97. The first-order valence-electron chi connectivity index (χ1n) is 10.0. The van der Waals surface area contributed by atoms with Crippen molar-refractivity contribution in [2.24, 2.45) is 0 Å². The topological polar surface area (TPSA) is 98.5 Å². The van der Waals surface area contributed by atoms with Crippen molar-refractivity contribution in [3.63, 3.8) is 0 Å². The van der Waals surface area contributed by atoms with E-state index in [4.69, 9.17) is 5.26 Å². The number of carbonyl (C=O) groups excluding carboxylic acids is 2. The monoisotopic (exact) mass is 439 g/mol. The summed E-state index contributed by atoms with van der Waals surface area (Å²) < 4.78 is 28.4. The fourth-order valence-electron chi connectivity index (χ4n) is 3.65. The number of sulfonamides is 1. The largest absolute Gasteiger partial charge is 0.274 e. The van der Waals surface area contributed by atoms with Crippen LogP contribution in [0.3, 0.4) is 0 Å². The highest BCUT2D eigenvalue weighted by atomic mass is 32.2. The third-order valence-electron chi connectivity index (χ3n) is 5.70. The normalized spacial score (nSPS) is 17.3. The van der Waals surface area contributed by atoms with Gasteiger partial charge in [0.15, 0.2) is 0 Å². The number of aryl methyl sites for hydroxylation is 1. The molecule has 162 valence electrons. The van der Waals surface area contributed by atoms with Crippen LogP contribution in [0.15, 0.2) is 53.4 Å². The van der Waals surface area contributed by atoms with Crippen LogP contribution in [0.25, 0.3) is 0 Å². The van der Waals surface area contributed by atoms with E-state index < -0.39 is 33.4 Å². The van der Waals surface area contributed by atoms with Gasteiger partial charge in [-0.15, -0.1) is 0 Å². The number of imide groups is 1. The Balaban J connectivity index is 2.06. The molecule has 1 aliphatic heterocycles. The Morgan fingerprint density at radius 1 is 1.10 bits per heavy atom. The van der Waals surface area contributed by atoms with Gasteiger partial charge in [0, 0.05) is 5.54 Å². The van der Waals surface area contributed by atoms with Gasteiger partial charge in [-0.25, -0.2) is 13.3 Å². The van der Waals surface area contributed by atoms with Gasteiger partial charge < -0.3 is 0 Å². The molecule has 31 heavy (non-hydrogen) atoms. The maximum Gasteiger partial charge on any atom is 0.252 e. The van der Waals surface area contributed by atoms with Crippen LogP contribution in [0, 0.1) is 18.3 Å². The lowest BCUT2D eigenvalue weighted by Gasteiger charge is -2.39. The average Bonchev–Trinajstić information content (AvgIpc) is 3.01. The molecule has 1 saturated heterocycles. The molecule has 0 N–H and O–H groups in total. The highest BCUT2D eigenvalue weighted by Gasteiger charge is 2.51. The lowest BCUT2D eigenvalue weighted by atomic mass is 10.00. The van der Waals surface area contributed by atoms with Gasteiger partial charge in [-0.05, 0) is 63.6 Å².